The summed E-state index contributed by atoms with van der Waals surface area (Å²) < 4.78 is 23.6. The summed E-state index contributed by atoms with van der Waals surface area (Å²) in [5.74, 6) is 0.498. The van der Waals surface area contributed by atoms with E-state index < -0.39 is 27.1 Å². The summed E-state index contributed by atoms with van der Waals surface area (Å²) >= 11 is 0. The Hall–Kier alpha value is -0.820. The van der Waals surface area contributed by atoms with Crippen molar-refractivity contribution in [2.75, 3.05) is 19.0 Å². The molecule has 0 saturated carbocycles. The molecule has 0 unspecified atom stereocenters. The van der Waals surface area contributed by atoms with Crippen LogP contribution in [0.2, 0.25) is 0 Å². The first kappa shape index (κ1) is 16.2. The van der Waals surface area contributed by atoms with Crippen LogP contribution in [0, 0.1) is 0 Å². The smallest absolute Gasteiger partial charge is 0.347 e. The minimum atomic E-state index is -4.92. The fourth-order valence-corrected chi connectivity index (χ4v) is 3.73. The minimum Gasteiger partial charge on any atom is -0.358 e. The van der Waals surface area contributed by atoms with E-state index in [4.69, 9.17) is 19.6 Å². The van der Waals surface area contributed by atoms with Crippen LogP contribution in [0.4, 0.5) is 5.82 Å². The van der Waals surface area contributed by atoms with E-state index in [-0.39, 0.29) is 0 Å². The van der Waals surface area contributed by atoms with Crippen molar-refractivity contribution in [3.63, 3.8) is 0 Å². The maximum atomic E-state index is 11.2. The largest absolute Gasteiger partial charge is 0.358 e. The summed E-state index contributed by atoms with van der Waals surface area (Å²) in [5, 5.41) is -2.07. The average Bonchev–Trinajstić information content (AvgIpc) is 2.23. The lowest BCUT2D eigenvalue weighted by molar-refractivity contribution is -0.694. The molecule has 0 amide bonds. The second-order valence-electron chi connectivity index (χ2n) is 4.16. The van der Waals surface area contributed by atoms with E-state index in [1.807, 2.05) is 0 Å². The Morgan fingerprint density at radius 3 is 2.21 bits per heavy atom. The Morgan fingerprint density at radius 1 is 1.26 bits per heavy atom. The second kappa shape index (κ2) is 5.66. The highest BCUT2D eigenvalue weighted by Gasteiger charge is 2.46. The van der Waals surface area contributed by atoms with Crippen LogP contribution in [0.1, 0.15) is 0 Å². The molecule has 0 aromatic carbocycles. The lowest BCUT2D eigenvalue weighted by Gasteiger charge is -2.17. The van der Waals surface area contributed by atoms with Gasteiger partial charge in [0.2, 0.25) is 11.6 Å². The molecule has 0 aliphatic heterocycles. The number of hydrogen-bond acceptors (Lipinski definition) is 4. The molecule has 9 nitrogen and oxygen atoms in total. The molecule has 1 heterocycles. The lowest BCUT2D eigenvalue weighted by atomic mass is 10.5. The van der Waals surface area contributed by atoms with Gasteiger partial charge >= 0.3 is 15.2 Å². The molecule has 1 aromatic rings. The van der Waals surface area contributed by atoms with Crippen molar-refractivity contribution in [1.82, 2.24) is 4.98 Å². The summed E-state index contributed by atoms with van der Waals surface area (Å²) in [5.41, 5.74) is 0. The van der Waals surface area contributed by atoms with Gasteiger partial charge in [0, 0.05) is 14.1 Å². The van der Waals surface area contributed by atoms with Crippen LogP contribution in [0.3, 0.4) is 0 Å². The van der Waals surface area contributed by atoms with Gasteiger partial charge in [-0.2, -0.15) is 4.57 Å². The summed E-state index contributed by atoms with van der Waals surface area (Å²) in [6, 6.07) is 0. The lowest BCUT2D eigenvalue weighted by Crippen LogP contribution is -2.40. The summed E-state index contributed by atoms with van der Waals surface area (Å²) in [4.78, 5) is 41.8. The molecule has 1 rings (SSSR count). The third-order valence-electron chi connectivity index (χ3n) is 2.36. The zero-order valence-electron chi connectivity index (χ0n) is 10.4. The van der Waals surface area contributed by atoms with Crippen LogP contribution in [0.5, 0.6) is 0 Å². The van der Waals surface area contributed by atoms with Crippen LogP contribution in [-0.2, 0) is 15.7 Å². The predicted octanol–water partition coefficient (Wildman–Crippen LogP) is -0.883. The van der Waals surface area contributed by atoms with E-state index in [0.717, 1.165) is 0 Å². The molecule has 0 atom stereocenters. The van der Waals surface area contributed by atoms with E-state index in [9.17, 15) is 9.13 Å². The normalized spacial score (nSPS) is 12.8. The number of aromatic nitrogens is 2. The fraction of sp³-hybridized carbons (Fsp3) is 0.500. The number of hydrogen-bond donors (Lipinski definition) is 4. The number of nitrogens with zero attached hydrogens (tertiary/aromatic N) is 3. The highest BCUT2D eigenvalue weighted by Crippen LogP contribution is 2.59. The average molecular weight is 312 g/mol. The number of rotatable bonds is 5. The molecule has 0 radical (unpaired) electrons. The van der Waals surface area contributed by atoms with E-state index in [1.165, 1.54) is 23.2 Å². The van der Waals surface area contributed by atoms with Gasteiger partial charge in [0.25, 0.3) is 0 Å². The Labute approximate surface area is 109 Å². The van der Waals surface area contributed by atoms with Gasteiger partial charge in [-0.05, 0) is 0 Å². The zero-order valence-corrected chi connectivity index (χ0v) is 12.1. The first-order valence-corrected chi connectivity index (χ1v) is 8.51. The predicted molar refractivity (Wildman–Crippen MR) is 66.6 cm³/mol. The van der Waals surface area contributed by atoms with Crippen molar-refractivity contribution in [3.05, 3.63) is 18.6 Å². The van der Waals surface area contributed by atoms with Crippen molar-refractivity contribution < 1.29 is 33.3 Å². The third-order valence-corrected chi connectivity index (χ3v) is 6.04. The van der Waals surface area contributed by atoms with Gasteiger partial charge in [-0.3, -0.25) is 9.13 Å². The molecule has 0 fully saturated rings. The van der Waals surface area contributed by atoms with Gasteiger partial charge < -0.3 is 24.5 Å². The molecule has 11 heteroatoms. The van der Waals surface area contributed by atoms with E-state index >= 15 is 0 Å². The first-order valence-electron chi connectivity index (χ1n) is 5.14. The van der Waals surface area contributed by atoms with Crippen LogP contribution in [0.25, 0.3) is 0 Å². The maximum absolute atomic E-state index is 11.2. The van der Waals surface area contributed by atoms with Crippen LogP contribution >= 0.6 is 15.2 Å². The SMILES string of the molecule is CN(C)c1c[n+](CC(P(=O)(O)O)P(=O)(O)O)ccn1. The quantitative estimate of drug-likeness (QED) is 0.406. The highest BCUT2D eigenvalue weighted by atomic mass is 31.2. The summed E-state index contributed by atoms with van der Waals surface area (Å²) in [7, 11) is -6.40. The summed E-state index contributed by atoms with van der Waals surface area (Å²) in [6.07, 6.45) is 4.20. The van der Waals surface area contributed by atoms with Gasteiger partial charge in [0.15, 0.2) is 18.6 Å². The van der Waals surface area contributed by atoms with Crippen molar-refractivity contribution in [2.24, 2.45) is 0 Å². The molecule has 4 N–H and O–H groups in total. The molecule has 0 saturated heterocycles. The van der Waals surface area contributed by atoms with E-state index in [0.29, 0.717) is 5.82 Å². The molecule has 1 aromatic heterocycles. The van der Waals surface area contributed by atoms with Crippen LogP contribution in [-0.4, -0.2) is 44.1 Å². The van der Waals surface area contributed by atoms with Gasteiger partial charge in [-0.15, -0.1) is 0 Å². The fourth-order valence-electron chi connectivity index (χ4n) is 1.36. The highest BCUT2D eigenvalue weighted by molar-refractivity contribution is 7.70. The van der Waals surface area contributed by atoms with Gasteiger partial charge in [-0.25, -0.2) is 4.98 Å². The Kier molecular flexibility index (Phi) is 4.84. The first-order chi connectivity index (χ1) is 8.51. The summed E-state index contributed by atoms with van der Waals surface area (Å²) in [6.45, 7) is -0.502. The van der Waals surface area contributed by atoms with Gasteiger partial charge in [0.05, 0.1) is 6.20 Å². The molecular weight excluding hydrogens is 296 g/mol. The zero-order chi connectivity index (χ0) is 14.8. The maximum Gasteiger partial charge on any atom is 0.347 e. The van der Waals surface area contributed by atoms with Crippen LogP contribution < -0.4 is 9.47 Å². The molecule has 108 valence electrons. The molecule has 0 bridgehead atoms. The van der Waals surface area contributed by atoms with E-state index in [1.54, 1.807) is 19.0 Å². The monoisotopic (exact) mass is 312 g/mol. The molecule has 0 spiro atoms. The van der Waals surface area contributed by atoms with Gasteiger partial charge in [-0.1, -0.05) is 0 Å². The molecule has 19 heavy (non-hydrogen) atoms. The Balaban J connectivity index is 3.08. The van der Waals surface area contributed by atoms with Crippen LogP contribution in [0.15, 0.2) is 18.6 Å². The molecular formula is C8H16N3O6P2+. The Bertz CT molecular complexity index is 517. The standard InChI is InChI=1S/C8H15N3O6P2/c1-10(2)7-5-11(4-3-9-7)6-8(18(12,13)14)19(15,16)17/h3-5,8H,6H2,1-2H3,(H3-,12,13,14,15,16,17)/p+1. The topological polar surface area (TPSA) is 135 Å². The Morgan fingerprint density at radius 2 is 1.79 bits per heavy atom. The second-order valence-corrected chi connectivity index (χ2v) is 8.17. The number of anilines is 1. The third kappa shape index (κ3) is 4.65. The minimum absolute atomic E-state index is 0.498. The van der Waals surface area contributed by atoms with Crippen molar-refractivity contribution in [2.45, 2.75) is 11.9 Å². The van der Waals surface area contributed by atoms with E-state index in [2.05, 4.69) is 4.98 Å². The van der Waals surface area contributed by atoms with Gasteiger partial charge in [0.1, 0.15) is 0 Å². The molecule has 0 aliphatic carbocycles. The van der Waals surface area contributed by atoms with Crippen molar-refractivity contribution >= 4 is 21.0 Å². The van der Waals surface area contributed by atoms with Crippen molar-refractivity contribution in [3.8, 4) is 0 Å². The molecule has 0 aliphatic rings. The van der Waals surface area contributed by atoms with Crippen molar-refractivity contribution in [1.29, 1.82) is 0 Å².